The van der Waals surface area contributed by atoms with Gasteiger partial charge in [-0.3, -0.25) is 4.79 Å². The summed E-state index contributed by atoms with van der Waals surface area (Å²) in [6.07, 6.45) is 7.17. The second-order valence-electron chi connectivity index (χ2n) is 8.42. The van der Waals surface area contributed by atoms with Gasteiger partial charge in [0.2, 0.25) is 0 Å². The average molecular weight is 451 g/mol. The van der Waals surface area contributed by atoms with Crippen molar-refractivity contribution >= 4 is 27.5 Å². The van der Waals surface area contributed by atoms with Gasteiger partial charge in [-0.15, -0.1) is 0 Å². The average Bonchev–Trinajstić information content (AvgIpc) is 3.44. The first-order chi connectivity index (χ1) is 14.4. The molecule has 2 aromatic heterocycles. The standard InChI is InChI=1S/C20H23ClN4O4S/c21-13-6-7-19(22-11-13)30(27,28)25-15-2-1-3-16(25)9-14(8-15)23-20(26)17-10-18(29-24-17)12-4-5-12/h6-7,10-12,14-16H,1-5,8-9H2,(H,23,26)/t15-,16-/m0/s1. The summed E-state index contributed by atoms with van der Waals surface area (Å²) in [5.41, 5.74) is 0.294. The SMILES string of the molecule is O=C(NC1C[C@@H]2CCC[C@@H](C1)N2S(=O)(=O)c1ccc(Cl)cn1)c1cc(C2CC2)on1. The highest BCUT2D eigenvalue weighted by Gasteiger charge is 2.46. The highest BCUT2D eigenvalue weighted by Crippen LogP contribution is 2.40. The Morgan fingerprint density at radius 1 is 1.17 bits per heavy atom. The number of sulfonamides is 1. The maximum Gasteiger partial charge on any atom is 0.273 e. The summed E-state index contributed by atoms with van der Waals surface area (Å²) < 4.78 is 33.4. The second kappa shape index (κ2) is 7.62. The zero-order valence-electron chi connectivity index (χ0n) is 16.3. The monoisotopic (exact) mass is 450 g/mol. The fraction of sp³-hybridized carbons (Fsp3) is 0.550. The van der Waals surface area contributed by atoms with Crippen molar-refractivity contribution in [1.29, 1.82) is 0 Å². The van der Waals surface area contributed by atoms with Crippen LogP contribution in [0.25, 0.3) is 0 Å². The van der Waals surface area contributed by atoms with Crippen LogP contribution in [0.5, 0.6) is 0 Å². The van der Waals surface area contributed by atoms with E-state index in [1.807, 2.05) is 0 Å². The van der Waals surface area contributed by atoms with Crippen molar-refractivity contribution in [2.75, 3.05) is 0 Å². The fourth-order valence-electron chi connectivity index (χ4n) is 4.69. The zero-order valence-corrected chi connectivity index (χ0v) is 17.9. The van der Waals surface area contributed by atoms with Gasteiger partial charge in [0.1, 0.15) is 5.76 Å². The molecule has 0 radical (unpaired) electrons. The number of aromatic nitrogens is 2. The van der Waals surface area contributed by atoms with Crippen molar-refractivity contribution in [3.05, 3.63) is 40.9 Å². The van der Waals surface area contributed by atoms with Crippen LogP contribution in [0, 0.1) is 0 Å². The molecule has 160 valence electrons. The van der Waals surface area contributed by atoms with Crippen molar-refractivity contribution in [1.82, 2.24) is 19.8 Å². The maximum atomic E-state index is 13.2. The number of fused-ring (bicyclic) bond motifs is 2. The largest absolute Gasteiger partial charge is 0.360 e. The third-order valence-electron chi connectivity index (χ3n) is 6.23. The number of carbonyl (C=O) groups is 1. The van der Waals surface area contributed by atoms with E-state index < -0.39 is 10.0 Å². The molecule has 5 rings (SSSR count). The van der Waals surface area contributed by atoms with Gasteiger partial charge >= 0.3 is 0 Å². The van der Waals surface area contributed by atoms with Crippen LogP contribution in [0.2, 0.25) is 5.02 Å². The van der Waals surface area contributed by atoms with E-state index in [0.29, 0.717) is 29.5 Å². The van der Waals surface area contributed by atoms with Crippen molar-refractivity contribution in [3.8, 4) is 0 Å². The fourth-order valence-corrected chi connectivity index (χ4v) is 6.61. The van der Waals surface area contributed by atoms with Crippen LogP contribution < -0.4 is 5.32 Å². The van der Waals surface area contributed by atoms with Crippen molar-refractivity contribution in [3.63, 3.8) is 0 Å². The smallest absolute Gasteiger partial charge is 0.273 e. The molecule has 1 saturated carbocycles. The summed E-state index contributed by atoms with van der Waals surface area (Å²) >= 11 is 5.86. The lowest BCUT2D eigenvalue weighted by Gasteiger charge is -2.47. The number of hydrogen-bond donors (Lipinski definition) is 1. The zero-order chi connectivity index (χ0) is 20.9. The van der Waals surface area contributed by atoms with Gasteiger partial charge in [-0.1, -0.05) is 23.2 Å². The Balaban J connectivity index is 1.30. The van der Waals surface area contributed by atoms with E-state index in [2.05, 4.69) is 15.5 Å². The van der Waals surface area contributed by atoms with Crippen molar-refractivity contribution < 1.29 is 17.7 Å². The van der Waals surface area contributed by atoms with Gasteiger partial charge in [0.25, 0.3) is 15.9 Å². The van der Waals surface area contributed by atoms with E-state index in [1.165, 1.54) is 18.3 Å². The van der Waals surface area contributed by atoms with E-state index in [-0.39, 0.29) is 29.1 Å². The topological polar surface area (TPSA) is 105 Å². The summed E-state index contributed by atoms with van der Waals surface area (Å²) in [6, 6.07) is 4.29. The maximum absolute atomic E-state index is 13.2. The predicted octanol–water partition coefficient (Wildman–Crippen LogP) is 3.10. The molecule has 0 aromatic carbocycles. The molecule has 8 nitrogen and oxygen atoms in total. The van der Waals surface area contributed by atoms with Crippen molar-refractivity contribution in [2.45, 2.75) is 74.0 Å². The summed E-state index contributed by atoms with van der Waals surface area (Å²) in [5, 5.41) is 7.36. The number of hydrogen-bond acceptors (Lipinski definition) is 6. The van der Waals surface area contributed by atoms with Crippen LogP contribution in [0.1, 0.15) is 67.1 Å². The Bertz CT molecular complexity index is 1040. The summed E-state index contributed by atoms with van der Waals surface area (Å²) in [4.78, 5) is 16.7. The van der Waals surface area contributed by atoms with E-state index in [1.54, 1.807) is 10.4 Å². The normalized spacial score (nSPS) is 27.0. The first kappa shape index (κ1) is 20.0. The molecule has 0 unspecified atom stereocenters. The van der Waals surface area contributed by atoms with Crippen LogP contribution in [0.15, 0.2) is 33.9 Å². The minimum absolute atomic E-state index is 0.0153. The lowest BCUT2D eigenvalue weighted by atomic mass is 9.84. The molecule has 2 saturated heterocycles. The van der Waals surface area contributed by atoms with Crippen LogP contribution in [-0.2, 0) is 10.0 Å². The second-order valence-corrected chi connectivity index (χ2v) is 10.6. The highest BCUT2D eigenvalue weighted by atomic mass is 35.5. The molecule has 2 aromatic rings. The molecule has 2 aliphatic heterocycles. The van der Waals surface area contributed by atoms with Gasteiger partial charge in [0, 0.05) is 36.3 Å². The Morgan fingerprint density at radius 3 is 2.53 bits per heavy atom. The van der Waals surface area contributed by atoms with Crippen molar-refractivity contribution in [2.24, 2.45) is 0 Å². The molecule has 0 spiro atoms. The number of carbonyl (C=O) groups excluding carboxylic acids is 1. The number of piperidine rings is 2. The quantitative estimate of drug-likeness (QED) is 0.750. The lowest BCUT2D eigenvalue weighted by Crippen LogP contribution is -2.58. The number of rotatable bonds is 5. The first-order valence-electron chi connectivity index (χ1n) is 10.3. The molecule has 2 atom stereocenters. The van der Waals surface area contributed by atoms with Gasteiger partial charge in [-0.2, -0.15) is 4.31 Å². The van der Waals surface area contributed by atoms with Gasteiger partial charge in [-0.05, 0) is 50.7 Å². The lowest BCUT2D eigenvalue weighted by molar-refractivity contribution is 0.0789. The van der Waals surface area contributed by atoms with E-state index in [9.17, 15) is 13.2 Å². The van der Waals surface area contributed by atoms with Crippen LogP contribution in [0.3, 0.4) is 0 Å². The van der Waals surface area contributed by atoms with Gasteiger partial charge < -0.3 is 9.84 Å². The van der Waals surface area contributed by atoms with Gasteiger partial charge in [0.15, 0.2) is 10.7 Å². The molecular weight excluding hydrogens is 428 g/mol. The predicted molar refractivity (Wildman–Crippen MR) is 109 cm³/mol. The number of halogens is 1. The molecule has 10 heteroatoms. The van der Waals surface area contributed by atoms with Crippen LogP contribution >= 0.6 is 11.6 Å². The first-order valence-corrected chi connectivity index (χ1v) is 12.2. The molecule has 2 bridgehead atoms. The molecule has 1 amide bonds. The van der Waals surface area contributed by atoms with E-state index in [0.717, 1.165) is 37.9 Å². The molecule has 3 fully saturated rings. The summed E-state index contributed by atoms with van der Waals surface area (Å²) in [7, 11) is -3.72. The number of nitrogens with zero attached hydrogens (tertiary/aromatic N) is 3. The Morgan fingerprint density at radius 2 is 1.90 bits per heavy atom. The third-order valence-corrected chi connectivity index (χ3v) is 8.37. The molecular formula is C20H23ClN4O4S. The Kier molecular flexibility index (Phi) is 5.07. The van der Waals surface area contributed by atoms with E-state index >= 15 is 0 Å². The van der Waals surface area contributed by atoms with Gasteiger partial charge in [0.05, 0.1) is 5.02 Å². The molecule has 1 aliphatic carbocycles. The third kappa shape index (κ3) is 3.74. The highest BCUT2D eigenvalue weighted by molar-refractivity contribution is 7.89. The van der Waals surface area contributed by atoms with Gasteiger partial charge in [-0.25, -0.2) is 13.4 Å². The van der Waals surface area contributed by atoms with E-state index in [4.69, 9.17) is 16.1 Å². The number of amides is 1. The molecule has 1 N–H and O–H groups in total. The Hall–Kier alpha value is -1.97. The number of pyridine rings is 1. The number of nitrogens with one attached hydrogen (secondary N) is 1. The summed E-state index contributed by atoms with van der Waals surface area (Å²) in [5.74, 6) is 0.908. The minimum atomic E-state index is -3.72. The molecule has 30 heavy (non-hydrogen) atoms. The molecule has 4 heterocycles. The molecule has 3 aliphatic rings. The minimum Gasteiger partial charge on any atom is -0.360 e. The van der Waals surface area contributed by atoms with Crippen LogP contribution in [-0.4, -0.2) is 46.9 Å². The Labute approximate surface area is 180 Å². The summed E-state index contributed by atoms with van der Waals surface area (Å²) in [6.45, 7) is 0. The van der Waals surface area contributed by atoms with Crippen LogP contribution in [0.4, 0.5) is 0 Å².